The van der Waals surface area contributed by atoms with E-state index in [1.165, 1.54) is 0 Å². The summed E-state index contributed by atoms with van der Waals surface area (Å²) in [6.45, 7) is 4.51. The SMILES string of the molecule is CC(NC(=O)N1CCN(c2ccc(Cl)cc2)CC1)C(=O)NC1CC1. The van der Waals surface area contributed by atoms with Crippen molar-refractivity contribution in [1.29, 1.82) is 0 Å². The monoisotopic (exact) mass is 350 g/mol. The summed E-state index contributed by atoms with van der Waals surface area (Å²) in [5, 5.41) is 6.41. The molecule has 1 aliphatic carbocycles. The summed E-state index contributed by atoms with van der Waals surface area (Å²) in [6, 6.07) is 7.34. The standard InChI is InChI=1S/C17H23ClN4O2/c1-12(16(23)20-14-4-5-14)19-17(24)22-10-8-21(9-11-22)15-6-2-13(18)3-7-15/h2-3,6-7,12,14H,4-5,8-11H2,1H3,(H,19,24)(H,20,23). The van der Waals surface area contributed by atoms with E-state index in [2.05, 4.69) is 15.5 Å². The molecule has 1 atom stereocenters. The number of amides is 3. The van der Waals surface area contributed by atoms with E-state index in [1.54, 1.807) is 11.8 Å². The molecule has 1 aromatic rings. The average Bonchev–Trinajstić information content (AvgIpc) is 3.39. The number of piperazine rings is 1. The fraction of sp³-hybridized carbons (Fsp3) is 0.529. The Kier molecular flexibility index (Phi) is 5.14. The Morgan fingerprint density at radius 2 is 1.75 bits per heavy atom. The number of anilines is 1. The molecule has 2 aliphatic rings. The molecule has 130 valence electrons. The van der Waals surface area contributed by atoms with Crippen LogP contribution in [0.5, 0.6) is 0 Å². The number of hydrogen-bond donors (Lipinski definition) is 2. The van der Waals surface area contributed by atoms with Gasteiger partial charge in [0.05, 0.1) is 0 Å². The maximum absolute atomic E-state index is 12.3. The van der Waals surface area contributed by atoms with Crippen LogP contribution in [0.3, 0.4) is 0 Å². The zero-order valence-corrected chi connectivity index (χ0v) is 14.6. The van der Waals surface area contributed by atoms with Gasteiger partial charge < -0.3 is 20.4 Å². The predicted molar refractivity (Wildman–Crippen MR) is 94.4 cm³/mol. The van der Waals surface area contributed by atoms with Crippen molar-refractivity contribution in [3.05, 3.63) is 29.3 Å². The van der Waals surface area contributed by atoms with Crippen LogP contribution in [0.1, 0.15) is 19.8 Å². The molecule has 3 amide bonds. The molecule has 0 aromatic heterocycles. The van der Waals surface area contributed by atoms with Crippen LogP contribution in [0.2, 0.25) is 5.02 Å². The minimum atomic E-state index is -0.507. The molecule has 1 unspecified atom stereocenters. The second-order valence-electron chi connectivity index (χ2n) is 6.40. The summed E-state index contributed by atoms with van der Waals surface area (Å²) in [7, 11) is 0. The molecule has 0 radical (unpaired) electrons. The lowest BCUT2D eigenvalue weighted by Crippen LogP contribution is -2.55. The molecule has 1 aromatic carbocycles. The highest BCUT2D eigenvalue weighted by atomic mass is 35.5. The number of hydrogen-bond acceptors (Lipinski definition) is 3. The van der Waals surface area contributed by atoms with Crippen molar-refractivity contribution in [2.24, 2.45) is 0 Å². The minimum absolute atomic E-state index is 0.106. The Morgan fingerprint density at radius 1 is 1.12 bits per heavy atom. The van der Waals surface area contributed by atoms with Gasteiger partial charge in [0.15, 0.2) is 0 Å². The zero-order chi connectivity index (χ0) is 17.1. The summed E-state index contributed by atoms with van der Waals surface area (Å²) >= 11 is 5.91. The molecule has 1 saturated carbocycles. The van der Waals surface area contributed by atoms with Crippen LogP contribution in [0.4, 0.5) is 10.5 Å². The third-order valence-electron chi connectivity index (χ3n) is 4.42. The van der Waals surface area contributed by atoms with E-state index in [0.717, 1.165) is 36.6 Å². The smallest absolute Gasteiger partial charge is 0.318 e. The van der Waals surface area contributed by atoms with Crippen molar-refractivity contribution in [2.45, 2.75) is 31.8 Å². The average molecular weight is 351 g/mol. The lowest BCUT2D eigenvalue weighted by atomic mass is 10.2. The van der Waals surface area contributed by atoms with Crippen molar-refractivity contribution in [3.63, 3.8) is 0 Å². The van der Waals surface area contributed by atoms with Gasteiger partial charge in [-0.2, -0.15) is 0 Å². The molecule has 1 saturated heterocycles. The second kappa shape index (κ2) is 7.30. The van der Waals surface area contributed by atoms with E-state index < -0.39 is 6.04 Å². The maximum atomic E-state index is 12.3. The van der Waals surface area contributed by atoms with Crippen LogP contribution < -0.4 is 15.5 Å². The topological polar surface area (TPSA) is 64.7 Å². The van der Waals surface area contributed by atoms with Crippen molar-refractivity contribution < 1.29 is 9.59 Å². The number of carbonyl (C=O) groups excluding carboxylic acids is 2. The van der Waals surface area contributed by atoms with Crippen LogP contribution in [-0.2, 0) is 4.79 Å². The number of nitrogens with one attached hydrogen (secondary N) is 2. The Bertz CT molecular complexity index is 595. The Hall–Kier alpha value is -1.95. The fourth-order valence-electron chi connectivity index (χ4n) is 2.72. The van der Waals surface area contributed by atoms with E-state index in [1.807, 2.05) is 24.3 Å². The van der Waals surface area contributed by atoms with Crippen molar-refractivity contribution in [1.82, 2.24) is 15.5 Å². The van der Waals surface area contributed by atoms with Gasteiger partial charge >= 0.3 is 6.03 Å². The molecule has 2 N–H and O–H groups in total. The summed E-state index contributed by atoms with van der Waals surface area (Å²) < 4.78 is 0. The van der Waals surface area contributed by atoms with Gasteiger partial charge in [-0.1, -0.05) is 11.6 Å². The van der Waals surface area contributed by atoms with Gasteiger partial charge in [-0.05, 0) is 44.0 Å². The van der Waals surface area contributed by atoms with Gasteiger partial charge in [-0.25, -0.2) is 4.79 Å². The van der Waals surface area contributed by atoms with Gasteiger partial charge in [-0.15, -0.1) is 0 Å². The van der Waals surface area contributed by atoms with E-state index >= 15 is 0 Å². The van der Waals surface area contributed by atoms with E-state index in [4.69, 9.17) is 11.6 Å². The summed E-state index contributed by atoms with van der Waals surface area (Å²) in [5.74, 6) is -0.106. The molecule has 0 spiro atoms. The van der Waals surface area contributed by atoms with Crippen LogP contribution in [-0.4, -0.2) is 55.1 Å². The molecule has 7 heteroatoms. The first kappa shape index (κ1) is 16.9. The molecule has 1 aliphatic heterocycles. The summed E-state index contributed by atoms with van der Waals surface area (Å²) in [4.78, 5) is 28.2. The highest BCUT2D eigenvalue weighted by molar-refractivity contribution is 6.30. The molecular formula is C17H23ClN4O2. The van der Waals surface area contributed by atoms with Crippen molar-refractivity contribution in [3.8, 4) is 0 Å². The van der Waals surface area contributed by atoms with Crippen LogP contribution in [0.15, 0.2) is 24.3 Å². The molecule has 1 heterocycles. The highest BCUT2D eigenvalue weighted by Gasteiger charge is 2.28. The molecule has 2 fully saturated rings. The quantitative estimate of drug-likeness (QED) is 0.870. The number of carbonyl (C=O) groups is 2. The largest absolute Gasteiger partial charge is 0.368 e. The maximum Gasteiger partial charge on any atom is 0.318 e. The first-order valence-corrected chi connectivity index (χ1v) is 8.77. The lowest BCUT2D eigenvalue weighted by Gasteiger charge is -2.36. The van der Waals surface area contributed by atoms with Crippen LogP contribution in [0.25, 0.3) is 0 Å². The summed E-state index contributed by atoms with van der Waals surface area (Å²) in [6.07, 6.45) is 2.08. The normalized spacial score (nSPS) is 18.9. The van der Waals surface area contributed by atoms with Crippen LogP contribution >= 0.6 is 11.6 Å². The minimum Gasteiger partial charge on any atom is -0.368 e. The molecule has 6 nitrogen and oxygen atoms in total. The summed E-state index contributed by atoms with van der Waals surface area (Å²) in [5.41, 5.74) is 1.11. The van der Waals surface area contributed by atoms with Gasteiger partial charge in [0.2, 0.25) is 5.91 Å². The van der Waals surface area contributed by atoms with Gasteiger partial charge in [0.1, 0.15) is 6.04 Å². The van der Waals surface area contributed by atoms with E-state index in [-0.39, 0.29) is 11.9 Å². The van der Waals surface area contributed by atoms with Gasteiger partial charge in [-0.3, -0.25) is 4.79 Å². The van der Waals surface area contributed by atoms with Crippen molar-refractivity contribution in [2.75, 3.05) is 31.1 Å². The molecule has 3 rings (SSSR count). The first-order valence-electron chi connectivity index (χ1n) is 8.39. The number of rotatable bonds is 4. The second-order valence-corrected chi connectivity index (χ2v) is 6.84. The zero-order valence-electron chi connectivity index (χ0n) is 13.8. The Morgan fingerprint density at radius 3 is 2.33 bits per heavy atom. The highest BCUT2D eigenvalue weighted by Crippen LogP contribution is 2.20. The fourth-order valence-corrected chi connectivity index (χ4v) is 2.84. The number of urea groups is 1. The van der Waals surface area contributed by atoms with Crippen LogP contribution in [0, 0.1) is 0 Å². The number of halogens is 1. The Labute approximate surface area is 147 Å². The molecular weight excluding hydrogens is 328 g/mol. The molecule has 24 heavy (non-hydrogen) atoms. The van der Waals surface area contributed by atoms with E-state index in [9.17, 15) is 9.59 Å². The lowest BCUT2D eigenvalue weighted by molar-refractivity contribution is -0.122. The molecule has 0 bridgehead atoms. The number of benzene rings is 1. The van der Waals surface area contributed by atoms with Gasteiger partial charge in [0.25, 0.3) is 0 Å². The predicted octanol–water partition coefficient (Wildman–Crippen LogP) is 1.84. The first-order chi connectivity index (χ1) is 11.5. The third kappa shape index (κ3) is 4.32. The van der Waals surface area contributed by atoms with Gasteiger partial charge in [0, 0.05) is 42.9 Å². The van der Waals surface area contributed by atoms with Crippen molar-refractivity contribution >= 4 is 29.2 Å². The Balaban J connectivity index is 1.45. The third-order valence-corrected chi connectivity index (χ3v) is 4.67. The van der Waals surface area contributed by atoms with E-state index in [0.29, 0.717) is 19.1 Å². The number of nitrogens with zero attached hydrogens (tertiary/aromatic N) is 2.